The number of carbonyl (C=O) groups is 2. The van der Waals surface area contributed by atoms with E-state index in [1.165, 1.54) is 32.3 Å². The van der Waals surface area contributed by atoms with Gasteiger partial charge in [0.15, 0.2) is 11.6 Å². The van der Waals surface area contributed by atoms with Gasteiger partial charge in [0.25, 0.3) is 5.69 Å². The fourth-order valence-electron chi connectivity index (χ4n) is 3.99. The number of aromatic nitrogens is 4. The molecule has 20 heteroatoms. The fourth-order valence-corrected chi connectivity index (χ4v) is 4.89. The summed E-state index contributed by atoms with van der Waals surface area (Å²) in [4.78, 5) is 35.1. The van der Waals surface area contributed by atoms with Crippen molar-refractivity contribution in [1.82, 2.24) is 19.6 Å². The minimum atomic E-state index is -3.69. The van der Waals surface area contributed by atoms with E-state index in [-0.39, 0.29) is 28.2 Å². The Balaban J connectivity index is 0.000000261. The molecule has 2 heterocycles. The van der Waals surface area contributed by atoms with Gasteiger partial charge < -0.3 is 15.2 Å². The van der Waals surface area contributed by atoms with E-state index in [2.05, 4.69) is 10.2 Å². The first-order valence-corrected chi connectivity index (χ1v) is 17.7. The number of carbonyl (C=O) groups excluding carboxylic acids is 2. The first kappa shape index (κ1) is 37.5. The van der Waals surface area contributed by atoms with Crippen LogP contribution in [0.5, 0.6) is 0 Å². The number of nitrogens with zero attached hydrogens (tertiary/aromatic N) is 7. The summed E-state index contributed by atoms with van der Waals surface area (Å²) < 4.78 is 61.6. The summed E-state index contributed by atoms with van der Waals surface area (Å²) in [5, 5.41) is 19.7. The van der Waals surface area contributed by atoms with Crippen molar-refractivity contribution in [2.75, 3.05) is 41.0 Å². The molecule has 0 aliphatic carbocycles. The van der Waals surface area contributed by atoms with E-state index in [9.17, 15) is 36.5 Å². The van der Waals surface area contributed by atoms with Crippen molar-refractivity contribution in [3.63, 3.8) is 0 Å². The van der Waals surface area contributed by atoms with Crippen molar-refractivity contribution in [2.24, 2.45) is 0 Å². The molecule has 0 atom stereocenters. The van der Waals surface area contributed by atoms with Crippen molar-refractivity contribution in [2.45, 2.75) is 52.7 Å². The number of rotatable bonds is 5. The highest BCUT2D eigenvalue weighted by Crippen LogP contribution is 2.31. The molecule has 0 amide bonds. The monoisotopic (exact) mass is 710 g/mol. The molecule has 262 valence electrons. The van der Waals surface area contributed by atoms with E-state index in [4.69, 9.17) is 15.2 Å². The summed E-state index contributed by atoms with van der Waals surface area (Å²) in [6, 6.07) is 8.47. The van der Waals surface area contributed by atoms with E-state index in [1.54, 1.807) is 59.7 Å². The van der Waals surface area contributed by atoms with Crippen LogP contribution in [0.25, 0.3) is 21.8 Å². The van der Waals surface area contributed by atoms with E-state index < -0.39 is 48.4 Å². The molecule has 0 spiro atoms. The molecule has 0 unspecified atom stereocenters. The van der Waals surface area contributed by atoms with Crippen LogP contribution in [0.1, 0.15) is 41.5 Å². The average Bonchev–Trinajstić information content (AvgIpc) is 3.48. The second kappa shape index (κ2) is 12.9. The molecule has 4 rings (SSSR count). The lowest BCUT2D eigenvalue weighted by Crippen LogP contribution is -2.29. The van der Waals surface area contributed by atoms with Crippen LogP contribution in [-0.2, 0) is 29.5 Å². The third-order valence-corrected chi connectivity index (χ3v) is 8.60. The standard InChI is InChI=1S/C14H18N4O6S.C14H20N4O4S/c1-14(2,3)24-13(19)17-11-7-6-9(18(20)21)8-10(11)12(15-17)16(4)25(5,22)23;1-14(2,3)22-13(19)18-11-7-6-9(15)8-10(11)12(16-18)17(4)23(5,20)21/h6-8H,1-5H3;6-8H,15H2,1-5H3. The maximum Gasteiger partial charge on any atom is 0.435 e. The molecule has 0 aliphatic heterocycles. The maximum atomic E-state index is 12.4. The van der Waals surface area contributed by atoms with Gasteiger partial charge in [0.05, 0.1) is 33.9 Å². The molecule has 2 aromatic heterocycles. The molecule has 18 nitrogen and oxygen atoms in total. The summed E-state index contributed by atoms with van der Waals surface area (Å²) in [5.41, 5.74) is 5.07. The fraction of sp³-hybridized carbons (Fsp3) is 0.429. The van der Waals surface area contributed by atoms with Gasteiger partial charge in [-0.2, -0.15) is 9.36 Å². The summed E-state index contributed by atoms with van der Waals surface area (Å²) in [6.07, 6.45) is 0.500. The van der Waals surface area contributed by atoms with E-state index in [1.807, 2.05) is 0 Å². The summed E-state index contributed by atoms with van der Waals surface area (Å²) in [5.74, 6) is 0.00715. The van der Waals surface area contributed by atoms with Crippen molar-refractivity contribution in [3.8, 4) is 0 Å². The molecule has 2 aromatic carbocycles. The number of nitro groups is 1. The van der Waals surface area contributed by atoms with Crippen LogP contribution in [0.4, 0.5) is 32.6 Å². The number of hydrogen-bond donors (Lipinski definition) is 1. The Morgan fingerprint density at radius 2 is 1.15 bits per heavy atom. The average molecular weight is 711 g/mol. The van der Waals surface area contributed by atoms with Crippen molar-refractivity contribution in [1.29, 1.82) is 0 Å². The number of benzene rings is 2. The third-order valence-electron chi connectivity index (χ3n) is 6.26. The zero-order valence-corrected chi connectivity index (χ0v) is 29.7. The second-order valence-corrected chi connectivity index (χ2v) is 16.7. The Morgan fingerprint density at radius 1 is 0.771 bits per heavy atom. The van der Waals surface area contributed by atoms with Gasteiger partial charge in [-0.05, 0) is 65.8 Å². The van der Waals surface area contributed by atoms with Gasteiger partial charge in [0, 0.05) is 37.3 Å². The molecular weight excluding hydrogens is 672 g/mol. The topological polar surface area (TPSA) is 232 Å². The van der Waals surface area contributed by atoms with Gasteiger partial charge in [-0.25, -0.2) is 26.4 Å². The van der Waals surface area contributed by atoms with Crippen LogP contribution in [-0.4, -0.2) is 91.3 Å². The smallest absolute Gasteiger partial charge is 0.435 e. The Bertz CT molecular complexity index is 2130. The van der Waals surface area contributed by atoms with Gasteiger partial charge in [0.2, 0.25) is 20.0 Å². The molecule has 0 aliphatic rings. The highest BCUT2D eigenvalue weighted by molar-refractivity contribution is 7.92. The molecule has 0 saturated carbocycles. The molecule has 4 aromatic rings. The maximum absolute atomic E-state index is 12.4. The molecule has 0 saturated heterocycles. The quantitative estimate of drug-likeness (QED) is 0.176. The number of nitro benzene ring substituents is 1. The van der Waals surface area contributed by atoms with Crippen LogP contribution in [0.3, 0.4) is 0 Å². The minimum Gasteiger partial charge on any atom is -0.442 e. The normalized spacial score (nSPS) is 12.3. The lowest BCUT2D eigenvalue weighted by molar-refractivity contribution is -0.384. The number of hydrogen-bond acceptors (Lipinski definition) is 13. The first-order chi connectivity index (χ1) is 21.7. The predicted molar refractivity (Wildman–Crippen MR) is 180 cm³/mol. The van der Waals surface area contributed by atoms with Crippen LogP contribution in [0, 0.1) is 10.1 Å². The molecule has 2 N–H and O–H groups in total. The molecule has 0 radical (unpaired) electrons. The number of sulfonamides is 2. The summed E-state index contributed by atoms with van der Waals surface area (Å²) >= 11 is 0. The Labute approximate surface area is 277 Å². The van der Waals surface area contributed by atoms with E-state index in [0.717, 1.165) is 30.5 Å². The summed E-state index contributed by atoms with van der Waals surface area (Å²) in [7, 11) is -4.63. The van der Waals surface area contributed by atoms with E-state index >= 15 is 0 Å². The SMILES string of the molecule is CN(c1nn(C(=O)OC(C)(C)C)c2ccc(N)cc12)S(C)(=O)=O.CN(c1nn(C(=O)OC(C)(C)C)c2ccc([N+](=O)[O-])cc12)S(C)(=O)=O. The Hall–Kier alpha value is -4.98. The number of nitrogen functional groups attached to an aromatic ring is 1. The molecular formula is C28H38N8O10S2. The summed E-state index contributed by atoms with van der Waals surface area (Å²) in [6.45, 7) is 10.2. The molecule has 48 heavy (non-hydrogen) atoms. The van der Waals surface area contributed by atoms with Gasteiger partial charge in [0.1, 0.15) is 11.2 Å². The second-order valence-electron chi connectivity index (χ2n) is 12.6. The molecule has 0 fully saturated rings. The first-order valence-electron chi connectivity index (χ1n) is 14.0. The lowest BCUT2D eigenvalue weighted by atomic mass is 10.2. The number of anilines is 3. The van der Waals surface area contributed by atoms with Gasteiger partial charge in [-0.3, -0.25) is 18.7 Å². The zero-order chi connectivity index (χ0) is 36.7. The molecule has 0 bridgehead atoms. The Kier molecular flexibility index (Phi) is 10.1. The van der Waals surface area contributed by atoms with Crippen LogP contribution in [0.2, 0.25) is 0 Å². The third kappa shape index (κ3) is 8.68. The number of non-ortho nitro benzene ring substituents is 1. The van der Waals surface area contributed by atoms with Crippen LogP contribution >= 0.6 is 0 Å². The Morgan fingerprint density at radius 3 is 1.50 bits per heavy atom. The number of nitrogens with two attached hydrogens (primary N) is 1. The van der Waals surface area contributed by atoms with Gasteiger partial charge in [-0.15, -0.1) is 10.2 Å². The number of fused-ring (bicyclic) bond motifs is 2. The predicted octanol–water partition coefficient (Wildman–Crippen LogP) is 3.92. The van der Waals surface area contributed by atoms with Crippen molar-refractivity contribution >= 4 is 77.0 Å². The number of ether oxygens (including phenoxy) is 2. The van der Waals surface area contributed by atoms with Gasteiger partial charge in [-0.1, -0.05) is 0 Å². The zero-order valence-electron chi connectivity index (χ0n) is 28.1. The van der Waals surface area contributed by atoms with Crippen molar-refractivity contribution in [3.05, 3.63) is 46.5 Å². The lowest BCUT2D eigenvalue weighted by Gasteiger charge is -2.19. The highest BCUT2D eigenvalue weighted by atomic mass is 32.2. The minimum absolute atomic E-state index is 0.105. The van der Waals surface area contributed by atoms with E-state index in [0.29, 0.717) is 16.6 Å². The van der Waals surface area contributed by atoms with Crippen LogP contribution in [0.15, 0.2) is 36.4 Å². The van der Waals surface area contributed by atoms with Crippen LogP contribution < -0.4 is 14.3 Å². The van der Waals surface area contributed by atoms with Gasteiger partial charge >= 0.3 is 12.2 Å². The van der Waals surface area contributed by atoms with Crippen molar-refractivity contribution < 1.29 is 40.8 Å². The highest BCUT2D eigenvalue weighted by Gasteiger charge is 2.28. The largest absolute Gasteiger partial charge is 0.442 e.